The van der Waals surface area contributed by atoms with Gasteiger partial charge in [-0.15, -0.1) is 5.10 Å². The fourth-order valence-electron chi connectivity index (χ4n) is 2.31. The third-order valence-electron chi connectivity index (χ3n) is 3.55. The maximum absolute atomic E-state index is 12.5. The average molecular weight is 391 g/mol. The van der Waals surface area contributed by atoms with Gasteiger partial charge < -0.3 is 10.1 Å². The van der Waals surface area contributed by atoms with Gasteiger partial charge in [0.25, 0.3) is 5.56 Å². The Bertz CT molecular complexity index is 1040. The minimum atomic E-state index is -0.558. The quantitative estimate of drug-likeness (QED) is 0.601. The second-order valence-electron chi connectivity index (χ2n) is 5.41. The Morgan fingerprint density at radius 2 is 2.00 bits per heavy atom. The van der Waals surface area contributed by atoms with Crippen molar-refractivity contribution >= 4 is 34.6 Å². The maximum Gasteiger partial charge on any atom is 0.325 e. The summed E-state index contributed by atoms with van der Waals surface area (Å²) >= 11 is 5.87. The number of carbonyl (C=O) groups excluding carboxylic acids is 2. The van der Waals surface area contributed by atoms with E-state index in [4.69, 9.17) is 16.3 Å². The van der Waals surface area contributed by atoms with Gasteiger partial charge in [-0.2, -0.15) is 4.68 Å². The smallest absolute Gasteiger partial charge is 0.325 e. The lowest BCUT2D eigenvalue weighted by atomic mass is 10.3. The average Bonchev–Trinajstić information content (AvgIpc) is 3.08. The molecule has 3 aromatic rings. The first-order valence-electron chi connectivity index (χ1n) is 7.98. The number of nitrogens with zero attached hydrogens (tertiary/aromatic N) is 5. The van der Waals surface area contributed by atoms with E-state index in [1.165, 1.54) is 11.0 Å². The number of ether oxygens (including phenoxy) is 1. The van der Waals surface area contributed by atoms with Gasteiger partial charge in [0.15, 0.2) is 11.2 Å². The Kier molecular flexibility index (Phi) is 5.46. The highest BCUT2D eigenvalue weighted by atomic mass is 35.5. The van der Waals surface area contributed by atoms with Crippen LogP contribution in [0.2, 0.25) is 5.02 Å². The molecule has 0 atom stereocenters. The van der Waals surface area contributed by atoms with Crippen molar-refractivity contribution in [3.05, 3.63) is 46.0 Å². The summed E-state index contributed by atoms with van der Waals surface area (Å²) in [4.78, 5) is 39.9. The number of hydrogen-bond donors (Lipinski definition) is 1. The van der Waals surface area contributed by atoms with E-state index in [-0.39, 0.29) is 30.9 Å². The van der Waals surface area contributed by atoms with Gasteiger partial charge in [-0.05, 0) is 31.2 Å². The zero-order valence-corrected chi connectivity index (χ0v) is 15.0. The first kappa shape index (κ1) is 18.5. The molecule has 27 heavy (non-hydrogen) atoms. The molecule has 10 nitrogen and oxygen atoms in total. The van der Waals surface area contributed by atoms with Crippen LogP contribution in [0.1, 0.15) is 6.92 Å². The summed E-state index contributed by atoms with van der Waals surface area (Å²) in [5.41, 5.74) is 0.390. The van der Waals surface area contributed by atoms with Gasteiger partial charge in [-0.25, -0.2) is 4.98 Å². The van der Waals surface area contributed by atoms with Crippen molar-refractivity contribution in [2.75, 3.05) is 13.2 Å². The van der Waals surface area contributed by atoms with Crippen LogP contribution in [-0.4, -0.2) is 49.6 Å². The molecule has 2 heterocycles. The van der Waals surface area contributed by atoms with E-state index in [1.54, 1.807) is 31.2 Å². The first-order valence-corrected chi connectivity index (χ1v) is 8.36. The lowest BCUT2D eigenvalue weighted by Gasteiger charge is -2.07. The van der Waals surface area contributed by atoms with E-state index in [2.05, 4.69) is 20.6 Å². The number of halogens is 1. The third kappa shape index (κ3) is 4.11. The van der Waals surface area contributed by atoms with E-state index in [9.17, 15) is 14.4 Å². The SMILES string of the molecule is CCOC(=O)CNC(=O)Cn1cnc2c(nnn2-c2ccc(Cl)cc2)c1=O. The number of nitrogens with one attached hydrogen (secondary N) is 1. The topological polar surface area (TPSA) is 121 Å². The van der Waals surface area contributed by atoms with Crippen LogP contribution in [0.5, 0.6) is 0 Å². The maximum atomic E-state index is 12.5. The Labute approximate surface area is 157 Å². The molecule has 1 amide bonds. The summed E-state index contributed by atoms with van der Waals surface area (Å²) in [5.74, 6) is -1.09. The summed E-state index contributed by atoms with van der Waals surface area (Å²) in [5, 5.41) is 10.7. The van der Waals surface area contributed by atoms with Crippen molar-refractivity contribution in [3.8, 4) is 5.69 Å². The molecule has 0 saturated heterocycles. The second-order valence-corrected chi connectivity index (χ2v) is 5.85. The van der Waals surface area contributed by atoms with E-state index < -0.39 is 17.4 Å². The molecule has 0 aliphatic heterocycles. The van der Waals surface area contributed by atoms with Crippen LogP contribution in [0.4, 0.5) is 0 Å². The molecule has 1 aromatic carbocycles. The number of hydrogen-bond acceptors (Lipinski definition) is 7. The molecule has 11 heteroatoms. The number of benzene rings is 1. The summed E-state index contributed by atoms with van der Waals surface area (Å²) in [6, 6.07) is 6.79. The summed E-state index contributed by atoms with van der Waals surface area (Å²) in [7, 11) is 0. The highest BCUT2D eigenvalue weighted by Gasteiger charge is 2.15. The zero-order valence-electron chi connectivity index (χ0n) is 14.3. The first-order chi connectivity index (χ1) is 13.0. The number of aromatic nitrogens is 5. The molecule has 1 N–H and O–H groups in total. The Balaban J connectivity index is 1.80. The van der Waals surface area contributed by atoms with Crippen LogP contribution in [-0.2, 0) is 20.9 Å². The minimum Gasteiger partial charge on any atom is -0.465 e. The molecule has 140 valence electrons. The summed E-state index contributed by atoms with van der Waals surface area (Å²) in [6.45, 7) is 1.30. The lowest BCUT2D eigenvalue weighted by molar-refractivity contribution is -0.143. The molecule has 2 aromatic heterocycles. The van der Waals surface area contributed by atoms with Gasteiger partial charge in [0.2, 0.25) is 5.91 Å². The number of fused-ring (bicyclic) bond motifs is 1. The van der Waals surface area contributed by atoms with Crippen molar-refractivity contribution in [1.82, 2.24) is 29.9 Å². The standard InChI is InChI=1S/C16H15ClN6O4/c1-2-27-13(25)7-18-12(24)8-22-9-19-15-14(16(22)26)20-21-23(15)11-5-3-10(17)4-6-11/h3-6,9H,2,7-8H2,1H3,(H,18,24). The van der Waals surface area contributed by atoms with Gasteiger partial charge in [0.05, 0.1) is 12.3 Å². The van der Waals surface area contributed by atoms with Crippen LogP contribution >= 0.6 is 11.6 Å². The molecule has 0 aliphatic rings. The molecule has 0 bridgehead atoms. The summed E-state index contributed by atoms with van der Waals surface area (Å²) < 4.78 is 7.20. The molecule has 0 radical (unpaired) electrons. The van der Waals surface area contributed by atoms with E-state index in [0.29, 0.717) is 10.7 Å². The van der Waals surface area contributed by atoms with E-state index in [1.807, 2.05) is 0 Å². The van der Waals surface area contributed by atoms with E-state index in [0.717, 1.165) is 4.57 Å². The summed E-state index contributed by atoms with van der Waals surface area (Å²) in [6.07, 6.45) is 1.23. The molecule has 0 unspecified atom stereocenters. The van der Waals surface area contributed by atoms with Gasteiger partial charge >= 0.3 is 5.97 Å². The fraction of sp³-hybridized carbons (Fsp3) is 0.250. The zero-order chi connectivity index (χ0) is 19.4. The Hall–Kier alpha value is -3.27. The molecule has 0 fully saturated rings. The van der Waals surface area contributed by atoms with Crippen molar-refractivity contribution in [2.24, 2.45) is 0 Å². The number of rotatable bonds is 6. The fourth-order valence-corrected chi connectivity index (χ4v) is 2.43. The molecular formula is C16H15ClN6O4. The Morgan fingerprint density at radius 1 is 1.26 bits per heavy atom. The number of amides is 1. The van der Waals surface area contributed by atoms with Crippen LogP contribution in [0.25, 0.3) is 16.9 Å². The van der Waals surface area contributed by atoms with Gasteiger partial charge in [0.1, 0.15) is 19.4 Å². The van der Waals surface area contributed by atoms with Crippen molar-refractivity contribution in [1.29, 1.82) is 0 Å². The van der Waals surface area contributed by atoms with E-state index >= 15 is 0 Å². The predicted octanol–water partition coefficient (Wildman–Crippen LogP) is 0.310. The highest BCUT2D eigenvalue weighted by molar-refractivity contribution is 6.30. The lowest BCUT2D eigenvalue weighted by Crippen LogP contribution is -2.36. The molecule has 0 spiro atoms. The van der Waals surface area contributed by atoms with Gasteiger partial charge in [-0.3, -0.25) is 19.0 Å². The molecule has 3 rings (SSSR count). The normalized spacial score (nSPS) is 10.7. The minimum absolute atomic E-state index is 0.0191. The van der Waals surface area contributed by atoms with Crippen LogP contribution in [0.15, 0.2) is 35.4 Å². The third-order valence-corrected chi connectivity index (χ3v) is 3.80. The molecule has 0 aliphatic carbocycles. The van der Waals surface area contributed by atoms with Crippen molar-refractivity contribution in [3.63, 3.8) is 0 Å². The second kappa shape index (κ2) is 7.96. The van der Waals surface area contributed by atoms with Crippen molar-refractivity contribution < 1.29 is 14.3 Å². The van der Waals surface area contributed by atoms with Crippen molar-refractivity contribution in [2.45, 2.75) is 13.5 Å². The van der Waals surface area contributed by atoms with Gasteiger partial charge in [-0.1, -0.05) is 16.8 Å². The monoisotopic (exact) mass is 390 g/mol. The van der Waals surface area contributed by atoms with Crippen LogP contribution in [0, 0.1) is 0 Å². The Morgan fingerprint density at radius 3 is 2.70 bits per heavy atom. The molecular weight excluding hydrogens is 376 g/mol. The number of carbonyl (C=O) groups is 2. The predicted molar refractivity (Wildman–Crippen MR) is 95.6 cm³/mol. The van der Waals surface area contributed by atoms with Crippen LogP contribution in [0.3, 0.4) is 0 Å². The largest absolute Gasteiger partial charge is 0.465 e. The number of esters is 1. The highest BCUT2D eigenvalue weighted by Crippen LogP contribution is 2.15. The van der Waals surface area contributed by atoms with Crippen LogP contribution < -0.4 is 10.9 Å². The van der Waals surface area contributed by atoms with Gasteiger partial charge in [0, 0.05) is 5.02 Å². The molecule has 0 saturated carbocycles.